The fourth-order valence-electron chi connectivity index (χ4n) is 4.96. The molecule has 2 aromatic carbocycles. The fraction of sp³-hybridized carbons (Fsp3) is 0.300. The van der Waals surface area contributed by atoms with Crippen molar-refractivity contribution in [1.82, 2.24) is 4.98 Å². The van der Waals surface area contributed by atoms with Gasteiger partial charge in [-0.2, -0.15) is 4.98 Å². The number of anilines is 4. The van der Waals surface area contributed by atoms with Gasteiger partial charge in [0.05, 0.1) is 30.9 Å². The number of aromatic nitrogens is 1. The number of carboxylic acid groups (broad SMARTS) is 1. The lowest BCUT2D eigenvalue weighted by molar-refractivity contribution is 0.0697. The van der Waals surface area contributed by atoms with E-state index in [4.69, 9.17) is 20.8 Å². The Morgan fingerprint density at radius 3 is 2.40 bits per heavy atom. The highest BCUT2D eigenvalue weighted by Gasteiger charge is 2.38. The van der Waals surface area contributed by atoms with Crippen LogP contribution in [0.3, 0.4) is 0 Å². The Morgan fingerprint density at radius 2 is 1.81 bits per heavy atom. The van der Waals surface area contributed by atoms with Crippen LogP contribution in [0.15, 0.2) is 44.3 Å². The number of hydrogen-bond donors (Lipinski definition) is 3. The van der Waals surface area contributed by atoms with Crippen LogP contribution in [0.1, 0.15) is 70.2 Å². The van der Waals surface area contributed by atoms with Gasteiger partial charge in [0.15, 0.2) is 5.82 Å². The normalized spacial score (nSPS) is 13.8. The molecule has 0 spiro atoms. The number of carbonyl (C=O) groups is 2. The number of carboxylic acids is 1. The van der Waals surface area contributed by atoms with Gasteiger partial charge in [-0.1, -0.05) is 32.4 Å². The molecule has 3 heterocycles. The molecule has 0 saturated carbocycles. The number of nitrogens with zero attached hydrogens (tertiary/aromatic N) is 2. The van der Waals surface area contributed by atoms with Gasteiger partial charge in [-0.3, -0.25) is 19.3 Å². The van der Waals surface area contributed by atoms with Crippen LogP contribution in [0.4, 0.5) is 22.9 Å². The summed E-state index contributed by atoms with van der Waals surface area (Å²) < 4.78 is 11.1. The first-order valence-electron chi connectivity index (χ1n) is 13.1. The second-order valence-electron chi connectivity index (χ2n) is 11.2. The number of aromatic carboxylic acids is 1. The van der Waals surface area contributed by atoms with Crippen molar-refractivity contribution in [3.63, 3.8) is 0 Å². The van der Waals surface area contributed by atoms with Crippen LogP contribution in [0.5, 0.6) is 5.88 Å². The molecule has 218 valence electrons. The average molecular weight is 593 g/mol. The summed E-state index contributed by atoms with van der Waals surface area (Å²) in [6.07, 6.45) is 0. The average Bonchev–Trinajstić information content (AvgIpc) is 3.46. The van der Waals surface area contributed by atoms with Gasteiger partial charge < -0.3 is 24.9 Å². The van der Waals surface area contributed by atoms with Gasteiger partial charge in [0, 0.05) is 16.7 Å². The summed E-state index contributed by atoms with van der Waals surface area (Å²) in [5.74, 6) is -0.476. The van der Waals surface area contributed by atoms with Gasteiger partial charge in [0.1, 0.15) is 28.5 Å². The number of nitrogens with one attached hydrogen (secondary N) is 2. The monoisotopic (exact) mass is 592 g/mol. The molecule has 0 aliphatic carbocycles. The molecular formula is C30H29ClN4O7. The first-order valence-corrected chi connectivity index (χ1v) is 13.5. The van der Waals surface area contributed by atoms with Crippen LogP contribution >= 0.6 is 11.6 Å². The Balaban J connectivity index is 1.52. The highest BCUT2D eigenvalue weighted by Crippen LogP contribution is 2.41. The van der Waals surface area contributed by atoms with Gasteiger partial charge in [0.25, 0.3) is 16.8 Å². The minimum atomic E-state index is -1.27. The lowest BCUT2D eigenvalue weighted by Crippen LogP contribution is -2.39. The van der Waals surface area contributed by atoms with E-state index in [2.05, 4.69) is 15.6 Å². The summed E-state index contributed by atoms with van der Waals surface area (Å²) >= 11 is 6.46. The number of halogens is 1. The van der Waals surface area contributed by atoms with Crippen molar-refractivity contribution in [3.05, 3.63) is 89.6 Å². The molecule has 0 saturated heterocycles. The lowest BCUT2D eigenvalue weighted by Gasteiger charge is -2.31. The van der Waals surface area contributed by atoms with E-state index in [0.717, 1.165) is 11.3 Å². The van der Waals surface area contributed by atoms with Crippen molar-refractivity contribution in [3.8, 4) is 5.88 Å². The quantitative estimate of drug-likeness (QED) is 0.228. The Hall–Kier alpha value is -4.64. The lowest BCUT2D eigenvalue weighted by atomic mass is 9.84. The number of furan rings is 1. The van der Waals surface area contributed by atoms with Crippen molar-refractivity contribution < 1.29 is 23.8 Å². The number of ether oxygens (including phenoxy) is 1. The summed E-state index contributed by atoms with van der Waals surface area (Å²) in [5, 5.41) is 16.2. The van der Waals surface area contributed by atoms with Crippen molar-refractivity contribution >= 4 is 46.4 Å². The van der Waals surface area contributed by atoms with Gasteiger partial charge in [-0.25, -0.2) is 4.79 Å². The third-order valence-corrected chi connectivity index (χ3v) is 7.72. The largest absolute Gasteiger partial charge is 0.481 e. The smallest absolute Gasteiger partial charge is 0.339 e. The maximum absolute atomic E-state index is 13.7. The first kappa shape index (κ1) is 28.9. The van der Waals surface area contributed by atoms with Crippen molar-refractivity contribution in [2.75, 3.05) is 22.6 Å². The van der Waals surface area contributed by atoms with E-state index in [1.807, 2.05) is 40.7 Å². The Labute approximate surface area is 245 Å². The van der Waals surface area contributed by atoms with E-state index in [1.54, 1.807) is 6.07 Å². The van der Waals surface area contributed by atoms with Crippen molar-refractivity contribution in [2.24, 2.45) is 5.41 Å². The number of methoxy groups -OCH3 is 1. The number of aryl methyl sites for hydroxylation is 2. The maximum atomic E-state index is 13.7. The molecule has 12 heteroatoms. The zero-order valence-electron chi connectivity index (χ0n) is 23.8. The zero-order valence-corrected chi connectivity index (χ0v) is 24.6. The zero-order chi connectivity index (χ0) is 30.7. The molecule has 11 nitrogen and oxygen atoms in total. The molecule has 1 aliphatic rings. The minimum Gasteiger partial charge on any atom is -0.481 e. The summed E-state index contributed by atoms with van der Waals surface area (Å²) in [7, 11) is 1.38. The predicted octanol–water partition coefficient (Wildman–Crippen LogP) is 5.35. The van der Waals surface area contributed by atoms with Gasteiger partial charge in [-0.05, 0) is 49.1 Å². The molecule has 5 rings (SSSR count). The molecule has 0 radical (unpaired) electrons. The molecular weight excluding hydrogens is 564 g/mol. The van der Waals surface area contributed by atoms with E-state index < -0.39 is 34.2 Å². The summed E-state index contributed by atoms with van der Waals surface area (Å²) in [6, 6.07) is 7.22. The van der Waals surface area contributed by atoms with E-state index in [0.29, 0.717) is 11.3 Å². The van der Waals surface area contributed by atoms with Crippen LogP contribution in [-0.4, -0.2) is 29.1 Å². The predicted molar refractivity (Wildman–Crippen MR) is 158 cm³/mol. The van der Waals surface area contributed by atoms with E-state index >= 15 is 0 Å². The number of amides is 1. The summed E-state index contributed by atoms with van der Waals surface area (Å²) in [4.78, 5) is 56.6. The number of carbonyl (C=O) groups excluding carboxylic acids is 1. The number of rotatable bonds is 8. The van der Waals surface area contributed by atoms with Crippen LogP contribution < -0.4 is 31.1 Å². The van der Waals surface area contributed by atoms with Crippen molar-refractivity contribution in [2.45, 2.75) is 47.2 Å². The molecule has 2 aromatic heterocycles. The molecule has 4 aromatic rings. The molecule has 42 heavy (non-hydrogen) atoms. The van der Waals surface area contributed by atoms with E-state index in [9.17, 15) is 24.3 Å². The van der Waals surface area contributed by atoms with E-state index in [1.165, 1.54) is 30.2 Å². The van der Waals surface area contributed by atoms with Crippen LogP contribution in [0.25, 0.3) is 0 Å². The van der Waals surface area contributed by atoms with Gasteiger partial charge in [0.2, 0.25) is 5.88 Å². The Bertz CT molecular complexity index is 1810. The highest BCUT2D eigenvalue weighted by atomic mass is 35.5. The number of hydrogen-bond acceptors (Lipinski definition) is 9. The molecule has 1 atom stereocenters. The fourth-order valence-corrected chi connectivity index (χ4v) is 5.18. The van der Waals surface area contributed by atoms with Crippen LogP contribution in [0.2, 0.25) is 5.02 Å². The van der Waals surface area contributed by atoms with Gasteiger partial charge >= 0.3 is 5.97 Å². The number of fused-ring (bicyclic) bond motifs is 1. The first-order chi connectivity index (χ1) is 19.7. The Morgan fingerprint density at radius 1 is 1.12 bits per heavy atom. The standard InChI is InChI=1S/C30H29ClN4O7/c1-13-11-19(42-14(13)2)26(30(3,4)5)34-23-22(24(36)25(23)37)32-18-9-8-17(31)16-12-35(28(38)21(16)18)27-15(29(39)40)7-10-20(33-27)41-6/h7-11,26,32,34H,12H2,1-6H3,(H,39,40)/t26-/m0/s1. The third kappa shape index (κ3) is 4.79. The second-order valence-corrected chi connectivity index (χ2v) is 11.6. The Kier molecular flexibility index (Phi) is 7.10. The maximum Gasteiger partial charge on any atom is 0.339 e. The van der Waals surface area contributed by atoms with Crippen LogP contribution in [-0.2, 0) is 6.54 Å². The molecule has 1 aliphatic heterocycles. The summed E-state index contributed by atoms with van der Waals surface area (Å²) in [6.45, 7) is 9.65. The minimum absolute atomic E-state index is 0.00393. The number of pyridine rings is 1. The van der Waals surface area contributed by atoms with Crippen LogP contribution in [0, 0.1) is 19.3 Å². The highest BCUT2D eigenvalue weighted by molar-refractivity contribution is 6.33. The van der Waals surface area contributed by atoms with Gasteiger partial charge in [-0.15, -0.1) is 0 Å². The third-order valence-electron chi connectivity index (χ3n) is 7.37. The second kappa shape index (κ2) is 10.3. The molecule has 0 fully saturated rings. The van der Waals surface area contributed by atoms with E-state index in [-0.39, 0.29) is 51.5 Å². The molecule has 0 unspecified atom stereocenters. The van der Waals surface area contributed by atoms with Crippen molar-refractivity contribution in [1.29, 1.82) is 0 Å². The summed E-state index contributed by atoms with van der Waals surface area (Å²) in [5.41, 5.74) is -0.249. The molecule has 0 bridgehead atoms. The SMILES string of the molecule is COc1ccc(C(=O)O)c(N2Cc3c(Cl)ccc(Nc4c(N[C@@H](c5cc(C)c(C)o5)C(C)(C)C)c(=O)c4=O)c3C2=O)n1. The number of benzene rings is 1. The molecule has 1 amide bonds. The topological polar surface area (TPSA) is 151 Å². The molecule has 3 N–H and O–H groups in total.